The van der Waals surface area contributed by atoms with E-state index in [0.717, 1.165) is 22.9 Å². The Balaban J connectivity index is 1.69. The van der Waals surface area contributed by atoms with Gasteiger partial charge in [0.05, 0.1) is 12.7 Å². The van der Waals surface area contributed by atoms with Crippen molar-refractivity contribution >= 4 is 16.9 Å². The van der Waals surface area contributed by atoms with Gasteiger partial charge in [-0.05, 0) is 55.2 Å². The molecule has 0 radical (unpaired) electrons. The summed E-state index contributed by atoms with van der Waals surface area (Å²) in [7, 11) is 1.59. The van der Waals surface area contributed by atoms with E-state index in [1.54, 1.807) is 37.4 Å². The Hall–Kier alpha value is -3.12. The number of hydrogen-bond acceptors (Lipinski definition) is 6. The van der Waals surface area contributed by atoms with E-state index < -0.39 is 17.7 Å². The molecule has 0 aliphatic carbocycles. The van der Waals surface area contributed by atoms with Gasteiger partial charge in [-0.15, -0.1) is 0 Å². The van der Waals surface area contributed by atoms with Gasteiger partial charge in [-0.3, -0.25) is 0 Å². The zero-order valence-corrected chi connectivity index (χ0v) is 15.7. The van der Waals surface area contributed by atoms with E-state index in [1.807, 2.05) is 19.1 Å². The van der Waals surface area contributed by atoms with Crippen LogP contribution in [0.4, 0.5) is 0 Å². The summed E-state index contributed by atoms with van der Waals surface area (Å²) in [5, 5.41) is 0.780. The van der Waals surface area contributed by atoms with Crippen LogP contribution in [0, 0.1) is 6.92 Å². The minimum Gasteiger partial charge on any atom is -0.497 e. The molecule has 3 aromatic rings. The highest BCUT2D eigenvalue weighted by Gasteiger charge is 2.25. The Bertz CT molecular complexity index is 1070. The molecule has 0 amide bonds. The van der Waals surface area contributed by atoms with Gasteiger partial charge in [0.25, 0.3) is 0 Å². The fourth-order valence-corrected chi connectivity index (χ4v) is 3.44. The fourth-order valence-electron chi connectivity index (χ4n) is 3.44. The van der Waals surface area contributed by atoms with Crippen molar-refractivity contribution in [2.75, 3.05) is 13.7 Å². The van der Waals surface area contributed by atoms with Gasteiger partial charge in [0.1, 0.15) is 17.1 Å². The molecule has 0 spiro atoms. The molecule has 0 saturated carbocycles. The summed E-state index contributed by atoms with van der Waals surface area (Å²) in [5.41, 5.74) is 1.98. The van der Waals surface area contributed by atoms with E-state index >= 15 is 0 Å². The van der Waals surface area contributed by atoms with Crippen LogP contribution in [0.2, 0.25) is 0 Å². The van der Waals surface area contributed by atoms with Crippen LogP contribution < -0.4 is 15.1 Å². The normalized spacial score (nSPS) is 16.3. The molecule has 1 atom stereocenters. The van der Waals surface area contributed by atoms with Gasteiger partial charge < -0.3 is 18.6 Å². The standard InChI is InChI=1S/C22H20O6/c1-13-17-10-9-16(27-21(23)18-4-3-11-26-18)12-19(17)28-22(24)20(13)14-5-7-15(25-2)8-6-14/h5-10,12,18H,3-4,11H2,1-2H3. The molecule has 4 rings (SSSR count). The maximum atomic E-state index is 12.6. The molecule has 1 fully saturated rings. The molecular weight excluding hydrogens is 360 g/mol. The maximum absolute atomic E-state index is 12.6. The highest BCUT2D eigenvalue weighted by Crippen LogP contribution is 2.30. The van der Waals surface area contributed by atoms with Crippen LogP contribution in [0.3, 0.4) is 0 Å². The van der Waals surface area contributed by atoms with Crippen molar-refractivity contribution < 1.29 is 23.4 Å². The van der Waals surface area contributed by atoms with Crippen LogP contribution in [0.25, 0.3) is 22.1 Å². The first-order valence-electron chi connectivity index (χ1n) is 9.12. The van der Waals surface area contributed by atoms with E-state index in [4.69, 9.17) is 18.6 Å². The topological polar surface area (TPSA) is 75.0 Å². The van der Waals surface area contributed by atoms with Gasteiger partial charge in [-0.25, -0.2) is 9.59 Å². The van der Waals surface area contributed by atoms with Crippen molar-refractivity contribution in [3.8, 4) is 22.6 Å². The zero-order valence-electron chi connectivity index (χ0n) is 15.7. The van der Waals surface area contributed by atoms with Gasteiger partial charge in [-0.1, -0.05) is 12.1 Å². The molecule has 0 bridgehead atoms. The summed E-state index contributed by atoms with van der Waals surface area (Å²) < 4.78 is 21.4. The van der Waals surface area contributed by atoms with Crippen molar-refractivity contribution in [2.45, 2.75) is 25.9 Å². The van der Waals surface area contributed by atoms with Crippen molar-refractivity contribution in [2.24, 2.45) is 0 Å². The molecule has 6 heteroatoms. The third-order valence-electron chi connectivity index (χ3n) is 4.93. The molecule has 0 N–H and O–H groups in total. The molecule has 1 aliphatic heterocycles. The van der Waals surface area contributed by atoms with Crippen molar-refractivity contribution in [1.29, 1.82) is 0 Å². The van der Waals surface area contributed by atoms with Crippen LogP contribution in [-0.4, -0.2) is 25.8 Å². The predicted octanol–water partition coefficient (Wildman–Crippen LogP) is 3.86. The molecule has 1 unspecified atom stereocenters. The van der Waals surface area contributed by atoms with Gasteiger partial charge in [0.2, 0.25) is 0 Å². The lowest BCUT2D eigenvalue weighted by Gasteiger charge is -2.11. The number of ether oxygens (including phenoxy) is 3. The second-order valence-corrected chi connectivity index (χ2v) is 6.70. The summed E-state index contributed by atoms with van der Waals surface area (Å²) in [4.78, 5) is 24.8. The van der Waals surface area contributed by atoms with Crippen LogP contribution >= 0.6 is 0 Å². The number of rotatable bonds is 4. The molecule has 1 aliphatic rings. The summed E-state index contributed by atoms with van der Waals surface area (Å²) in [6, 6.07) is 12.3. The van der Waals surface area contributed by atoms with Crippen LogP contribution in [0.1, 0.15) is 18.4 Å². The van der Waals surface area contributed by atoms with Crippen molar-refractivity contribution in [3.05, 3.63) is 58.4 Å². The first-order chi connectivity index (χ1) is 13.6. The van der Waals surface area contributed by atoms with Gasteiger partial charge in [0.15, 0.2) is 6.10 Å². The predicted molar refractivity (Wildman–Crippen MR) is 104 cm³/mol. The van der Waals surface area contributed by atoms with Gasteiger partial charge in [0, 0.05) is 18.1 Å². The van der Waals surface area contributed by atoms with Crippen LogP contribution in [0.5, 0.6) is 11.5 Å². The summed E-state index contributed by atoms with van der Waals surface area (Å²) in [6.45, 7) is 2.44. The average Bonchev–Trinajstić information content (AvgIpc) is 3.23. The third kappa shape index (κ3) is 3.39. The molecule has 1 saturated heterocycles. The minimum absolute atomic E-state index is 0.327. The van der Waals surface area contributed by atoms with E-state index in [0.29, 0.717) is 35.7 Å². The second-order valence-electron chi connectivity index (χ2n) is 6.70. The third-order valence-corrected chi connectivity index (χ3v) is 4.93. The number of carbonyl (C=O) groups is 1. The number of benzene rings is 2. The number of methoxy groups -OCH3 is 1. The summed E-state index contributed by atoms with van der Waals surface area (Å²) >= 11 is 0. The Morgan fingerprint density at radius 1 is 1.11 bits per heavy atom. The summed E-state index contributed by atoms with van der Waals surface area (Å²) in [6.07, 6.45) is 0.979. The molecule has 2 aromatic carbocycles. The highest BCUT2D eigenvalue weighted by atomic mass is 16.6. The first-order valence-corrected chi connectivity index (χ1v) is 9.12. The zero-order chi connectivity index (χ0) is 19.7. The highest BCUT2D eigenvalue weighted by molar-refractivity contribution is 5.88. The lowest BCUT2D eigenvalue weighted by Crippen LogP contribution is -2.24. The molecule has 28 heavy (non-hydrogen) atoms. The fraction of sp³-hybridized carbons (Fsp3) is 0.273. The Labute approximate surface area is 161 Å². The van der Waals surface area contributed by atoms with Crippen molar-refractivity contribution in [1.82, 2.24) is 0 Å². The molecular formula is C22H20O6. The van der Waals surface area contributed by atoms with Crippen LogP contribution in [0.15, 0.2) is 51.7 Å². The Kier molecular flexibility index (Phi) is 4.88. The number of aryl methyl sites for hydroxylation is 1. The number of esters is 1. The Morgan fingerprint density at radius 2 is 1.86 bits per heavy atom. The lowest BCUT2D eigenvalue weighted by molar-refractivity contribution is -0.144. The number of carbonyl (C=O) groups excluding carboxylic acids is 1. The quantitative estimate of drug-likeness (QED) is 0.389. The SMILES string of the molecule is COc1ccc(-c2c(C)c3ccc(OC(=O)C4CCCO4)cc3oc2=O)cc1. The Morgan fingerprint density at radius 3 is 2.54 bits per heavy atom. The van der Waals surface area contributed by atoms with E-state index in [-0.39, 0.29) is 0 Å². The number of fused-ring (bicyclic) bond motifs is 1. The smallest absolute Gasteiger partial charge is 0.344 e. The van der Waals surface area contributed by atoms with Gasteiger partial charge >= 0.3 is 11.6 Å². The average molecular weight is 380 g/mol. The maximum Gasteiger partial charge on any atom is 0.344 e. The van der Waals surface area contributed by atoms with Gasteiger partial charge in [-0.2, -0.15) is 0 Å². The second kappa shape index (κ2) is 7.48. The first kappa shape index (κ1) is 18.3. The number of hydrogen-bond donors (Lipinski definition) is 0. The van der Waals surface area contributed by atoms with E-state index in [1.165, 1.54) is 0 Å². The van der Waals surface area contributed by atoms with Crippen molar-refractivity contribution in [3.63, 3.8) is 0 Å². The largest absolute Gasteiger partial charge is 0.497 e. The molecule has 144 valence electrons. The summed E-state index contributed by atoms with van der Waals surface area (Å²) in [5.74, 6) is 0.614. The monoisotopic (exact) mass is 380 g/mol. The molecule has 6 nitrogen and oxygen atoms in total. The lowest BCUT2D eigenvalue weighted by atomic mass is 9.99. The minimum atomic E-state index is -0.526. The molecule has 2 heterocycles. The van der Waals surface area contributed by atoms with Crippen LogP contribution in [-0.2, 0) is 9.53 Å². The molecule has 1 aromatic heterocycles. The van der Waals surface area contributed by atoms with E-state index in [2.05, 4.69) is 0 Å². The van der Waals surface area contributed by atoms with E-state index in [9.17, 15) is 9.59 Å².